The summed E-state index contributed by atoms with van der Waals surface area (Å²) in [4.78, 5) is 0. The molecule has 0 bridgehead atoms. The molecule has 0 amide bonds. The van der Waals surface area contributed by atoms with Crippen LogP contribution < -0.4 is 0 Å². The van der Waals surface area contributed by atoms with E-state index in [-0.39, 0.29) is 94.2 Å². The first-order valence-electron chi connectivity index (χ1n) is 8.64. The molecule has 4 aromatic carbocycles. The molecular formula is C24H22Ac2N2-2. The van der Waals surface area contributed by atoms with E-state index in [2.05, 4.69) is 36.9 Å². The molecule has 0 saturated heterocycles. The molecule has 0 aliphatic rings. The second-order valence-corrected chi connectivity index (χ2v) is 6.37. The molecule has 1 unspecified atom stereocenters. The topological polar surface area (TPSA) is 47.6 Å². The quantitative estimate of drug-likeness (QED) is 0.199. The van der Waals surface area contributed by atoms with Crippen molar-refractivity contribution in [1.29, 1.82) is 0 Å². The van der Waals surface area contributed by atoms with E-state index in [0.717, 1.165) is 16.5 Å². The number of benzene rings is 4. The van der Waals surface area contributed by atoms with Gasteiger partial charge in [-0.2, -0.15) is 0 Å². The molecule has 4 aromatic rings. The van der Waals surface area contributed by atoms with Gasteiger partial charge in [0.25, 0.3) is 0 Å². The largest absolute Gasteiger partial charge is 0.699 e. The van der Waals surface area contributed by atoms with Gasteiger partial charge in [0.05, 0.1) is 0 Å². The Bertz CT molecular complexity index is 1060. The summed E-state index contributed by atoms with van der Waals surface area (Å²) < 4.78 is 0. The van der Waals surface area contributed by atoms with E-state index in [1.165, 1.54) is 16.2 Å². The third-order valence-electron chi connectivity index (χ3n) is 4.37. The van der Waals surface area contributed by atoms with E-state index < -0.39 is 0 Å². The van der Waals surface area contributed by atoms with E-state index in [0.29, 0.717) is 5.70 Å². The smallest absolute Gasteiger partial charge is 0 e. The summed E-state index contributed by atoms with van der Waals surface area (Å²) in [5.41, 5.74) is 17.3. The Balaban J connectivity index is 0.000000261. The Labute approximate surface area is 238 Å². The molecule has 1 atom stereocenters. The summed E-state index contributed by atoms with van der Waals surface area (Å²) in [6.45, 7) is 5.49. The van der Waals surface area contributed by atoms with Gasteiger partial charge in [0.1, 0.15) is 0 Å². The Morgan fingerprint density at radius 2 is 1.18 bits per heavy atom. The normalized spacial score (nSPS) is 10.8. The van der Waals surface area contributed by atoms with E-state index in [9.17, 15) is 0 Å². The Morgan fingerprint density at radius 3 is 1.68 bits per heavy atom. The van der Waals surface area contributed by atoms with Crippen LogP contribution in [0.25, 0.3) is 38.7 Å². The van der Waals surface area contributed by atoms with Crippen LogP contribution in [-0.2, 0) is 0 Å². The van der Waals surface area contributed by atoms with Crippen LogP contribution in [0.15, 0.2) is 91.5 Å². The minimum atomic E-state index is -0.135. The van der Waals surface area contributed by atoms with Crippen molar-refractivity contribution in [3.63, 3.8) is 0 Å². The molecule has 0 aliphatic carbocycles. The van der Waals surface area contributed by atoms with Crippen LogP contribution in [0.3, 0.4) is 0 Å². The number of hydrogen-bond donors (Lipinski definition) is 0. The van der Waals surface area contributed by atoms with Crippen molar-refractivity contribution < 1.29 is 88.1 Å². The molecule has 0 fully saturated rings. The van der Waals surface area contributed by atoms with Crippen molar-refractivity contribution in [2.45, 2.75) is 13.0 Å². The Morgan fingerprint density at radius 1 is 0.714 bits per heavy atom. The number of rotatable bonds is 2. The van der Waals surface area contributed by atoms with Crippen LogP contribution in [0.1, 0.15) is 24.1 Å². The number of nitrogens with one attached hydrogen (secondary N) is 2. The molecule has 2 radical (unpaired) electrons. The minimum absolute atomic E-state index is 0. The molecule has 0 spiro atoms. The maximum atomic E-state index is 7.59. The molecule has 0 aliphatic heterocycles. The van der Waals surface area contributed by atoms with Crippen molar-refractivity contribution in [2.75, 3.05) is 0 Å². The van der Waals surface area contributed by atoms with Gasteiger partial charge in [-0.15, -0.1) is 18.3 Å². The summed E-state index contributed by atoms with van der Waals surface area (Å²) in [5, 5.41) is 4.83. The van der Waals surface area contributed by atoms with E-state index in [4.69, 9.17) is 11.5 Å². The van der Waals surface area contributed by atoms with Gasteiger partial charge >= 0.3 is 0 Å². The van der Waals surface area contributed by atoms with Crippen LogP contribution >= 0.6 is 0 Å². The summed E-state index contributed by atoms with van der Waals surface area (Å²) in [6.07, 6.45) is 0. The van der Waals surface area contributed by atoms with Gasteiger partial charge in [0, 0.05) is 88.1 Å². The minimum Gasteiger partial charge on any atom is -0.699 e. The maximum Gasteiger partial charge on any atom is 0 e. The molecular weight excluding hydrogens is 770 g/mol. The van der Waals surface area contributed by atoms with E-state index in [1.54, 1.807) is 0 Å². The summed E-state index contributed by atoms with van der Waals surface area (Å²) in [5.74, 6) is 0. The van der Waals surface area contributed by atoms with Gasteiger partial charge < -0.3 is 11.5 Å². The predicted molar refractivity (Wildman–Crippen MR) is 114 cm³/mol. The van der Waals surface area contributed by atoms with Gasteiger partial charge in [-0.3, -0.25) is 0 Å². The van der Waals surface area contributed by atoms with Crippen LogP contribution in [0.2, 0.25) is 0 Å². The van der Waals surface area contributed by atoms with Crippen LogP contribution in [0.5, 0.6) is 0 Å². The second-order valence-electron chi connectivity index (χ2n) is 6.37. The standard InChI is InChI=1S/C12H12N.C12H10N.2Ac/c2*1-9(13)11-7-6-10-4-2-3-5-12(10)8-11;;/h2-9,13H,1H3;2-8,13H,1H2;;/q2*-1;;. The second kappa shape index (κ2) is 12.5. The van der Waals surface area contributed by atoms with E-state index >= 15 is 0 Å². The average molecular weight is 792 g/mol. The third-order valence-corrected chi connectivity index (χ3v) is 4.37. The van der Waals surface area contributed by atoms with Crippen molar-refractivity contribution in [3.05, 3.63) is 114 Å². The van der Waals surface area contributed by atoms with Crippen molar-refractivity contribution in [2.24, 2.45) is 0 Å². The molecule has 2 nitrogen and oxygen atoms in total. The summed E-state index contributed by atoms with van der Waals surface area (Å²) in [7, 11) is 0. The fourth-order valence-corrected chi connectivity index (χ4v) is 2.85. The molecule has 0 aromatic heterocycles. The SMILES string of the molecule is C=C([NH-])c1ccc2ccccc2c1.CC([NH-])c1ccc2ccccc2c1.[Ac].[Ac]. The van der Waals surface area contributed by atoms with Gasteiger partial charge in [-0.1, -0.05) is 91.3 Å². The number of fused-ring (bicyclic) bond motifs is 2. The van der Waals surface area contributed by atoms with E-state index in [1.807, 2.05) is 61.5 Å². The molecule has 4 rings (SSSR count). The average Bonchev–Trinajstić information content (AvgIpc) is 2.67. The molecule has 0 saturated carbocycles. The first kappa shape index (κ1) is 25.8. The Hall–Kier alpha value is -0.217. The zero-order chi connectivity index (χ0) is 18.5. The third kappa shape index (κ3) is 6.94. The maximum absolute atomic E-state index is 7.59. The molecule has 136 valence electrons. The molecule has 28 heavy (non-hydrogen) atoms. The van der Waals surface area contributed by atoms with Crippen molar-refractivity contribution >= 4 is 27.2 Å². The van der Waals surface area contributed by atoms with Gasteiger partial charge in [0.15, 0.2) is 0 Å². The number of hydrogen-bond acceptors (Lipinski definition) is 0. The zero-order valence-corrected chi connectivity index (χ0v) is 25.5. The summed E-state index contributed by atoms with van der Waals surface area (Å²) >= 11 is 0. The van der Waals surface area contributed by atoms with Crippen molar-refractivity contribution in [1.82, 2.24) is 0 Å². The monoisotopic (exact) mass is 792 g/mol. The van der Waals surface area contributed by atoms with Gasteiger partial charge in [-0.25, -0.2) is 0 Å². The first-order chi connectivity index (χ1) is 12.5. The Kier molecular flexibility index (Phi) is 11.5. The fraction of sp³-hybridized carbons (Fsp3) is 0.0833. The molecule has 4 heteroatoms. The van der Waals surface area contributed by atoms with Crippen LogP contribution in [-0.4, -0.2) is 0 Å². The van der Waals surface area contributed by atoms with Gasteiger partial charge in [-0.05, 0) is 33.2 Å². The predicted octanol–water partition coefficient (Wildman–Crippen LogP) is 7.82. The van der Waals surface area contributed by atoms with Crippen molar-refractivity contribution in [3.8, 4) is 0 Å². The molecule has 2 N–H and O–H groups in total. The first-order valence-corrected chi connectivity index (χ1v) is 8.64. The zero-order valence-electron chi connectivity index (χ0n) is 16.0. The summed E-state index contributed by atoms with van der Waals surface area (Å²) in [6, 6.07) is 28.4. The fourth-order valence-electron chi connectivity index (χ4n) is 2.85. The van der Waals surface area contributed by atoms with Crippen LogP contribution in [0, 0.1) is 88.1 Å². The van der Waals surface area contributed by atoms with Gasteiger partial charge in [0.2, 0.25) is 0 Å². The molecule has 0 heterocycles. The van der Waals surface area contributed by atoms with Crippen LogP contribution in [0.4, 0.5) is 0 Å².